The summed E-state index contributed by atoms with van der Waals surface area (Å²) in [6.07, 6.45) is 1.39. The lowest BCUT2D eigenvalue weighted by Gasteiger charge is -2.06. The van der Waals surface area contributed by atoms with Gasteiger partial charge >= 0.3 is 0 Å². The average Bonchev–Trinajstić information content (AvgIpc) is 2.52. The molecular weight excluding hydrogens is 367 g/mol. The first-order chi connectivity index (χ1) is 11.0. The molecular formula is C16H14BrFN2O3. The number of nitrogens with one attached hydrogen (secondary N) is 1. The Hall–Kier alpha value is -2.41. The van der Waals surface area contributed by atoms with Gasteiger partial charge in [0.2, 0.25) is 5.91 Å². The molecule has 7 heteroatoms. The van der Waals surface area contributed by atoms with Gasteiger partial charge in [0, 0.05) is 10.0 Å². The van der Waals surface area contributed by atoms with Crippen molar-refractivity contribution in [1.29, 1.82) is 0 Å². The van der Waals surface area contributed by atoms with Crippen LogP contribution < -0.4 is 10.2 Å². The van der Waals surface area contributed by atoms with Gasteiger partial charge in [0.1, 0.15) is 5.82 Å². The number of ether oxygens (including phenoxy) is 1. The lowest BCUT2D eigenvalue weighted by Crippen LogP contribution is -2.19. The average molecular weight is 381 g/mol. The number of phenols is 1. The molecule has 0 spiro atoms. The van der Waals surface area contributed by atoms with E-state index in [4.69, 9.17) is 4.74 Å². The molecule has 0 saturated carbocycles. The van der Waals surface area contributed by atoms with Crippen molar-refractivity contribution in [3.05, 3.63) is 57.8 Å². The lowest BCUT2D eigenvalue weighted by molar-refractivity contribution is -0.120. The van der Waals surface area contributed by atoms with E-state index < -0.39 is 0 Å². The zero-order chi connectivity index (χ0) is 16.8. The number of hydrazone groups is 1. The molecule has 0 saturated heterocycles. The summed E-state index contributed by atoms with van der Waals surface area (Å²) >= 11 is 3.29. The molecule has 5 nitrogen and oxygen atoms in total. The monoisotopic (exact) mass is 380 g/mol. The minimum atomic E-state index is -0.355. The van der Waals surface area contributed by atoms with Gasteiger partial charge in [-0.05, 0) is 29.8 Å². The second-order valence-corrected chi connectivity index (χ2v) is 5.56. The van der Waals surface area contributed by atoms with Crippen molar-refractivity contribution in [3.63, 3.8) is 0 Å². The standard InChI is InChI=1S/C16H14BrFN2O3/c1-23-14-8-12(17)7-11(16(14)22)9-19-20-15(21)6-10-2-4-13(18)5-3-10/h2-5,7-9,22H,6H2,1H3,(H,20,21)/b19-9+. The van der Waals surface area contributed by atoms with E-state index in [9.17, 15) is 14.3 Å². The van der Waals surface area contributed by atoms with Gasteiger partial charge in [-0.2, -0.15) is 5.10 Å². The topological polar surface area (TPSA) is 70.9 Å². The van der Waals surface area contributed by atoms with Gasteiger partial charge in [-0.3, -0.25) is 4.79 Å². The number of carbonyl (C=O) groups is 1. The highest BCUT2D eigenvalue weighted by atomic mass is 79.9. The number of halogens is 2. The van der Waals surface area contributed by atoms with Crippen molar-refractivity contribution in [2.24, 2.45) is 5.10 Å². The molecule has 2 aromatic carbocycles. The van der Waals surface area contributed by atoms with Crippen LogP contribution in [0.25, 0.3) is 0 Å². The van der Waals surface area contributed by atoms with Crippen LogP contribution in [-0.2, 0) is 11.2 Å². The number of hydrogen-bond donors (Lipinski definition) is 2. The maximum atomic E-state index is 12.8. The van der Waals surface area contributed by atoms with Crippen molar-refractivity contribution in [3.8, 4) is 11.5 Å². The molecule has 0 aromatic heterocycles. The Morgan fingerprint density at radius 3 is 2.74 bits per heavy atom. The predicted molar refractivity (Wildman–Crippen MR) is 88.2 cm³/mol. The highest BCUT2D eigenvalue weighted by molar-refractivity contribution is 9.10. The number of carbonyl (C=O) groups excluding carboxylic acids is 1. The van der Waals surface area contributed by atoms with E-state index in [1.807, 2.05) is 0 Å². The third-order valence-electron chi connectivity index (χ3n) is 2.96. The van der Waals surface area contributed by atoms with Gasteiger partial charge < -0.3 is 9.84 Å². The van der Waals surface area contributed by atoms with E-state index in [-0.39, 0.29) is 23.9 Å². The molecule has 0 atom stereocenters. The summed E-state index contributed by atoms with van der Waals surface area (Å²) in [6.45, 7) is 0. The molecule has 0 bridgehead atoms. The number of nitrogens with zero attached hydrogens (tertiary/aromatic N) is 1. The van der Waals surface area contributed by atoms with Gasteiger partial charge in [0.05, 0.1) is 19.7 Å². The highest BCUT2D eigenvalue weighted by Crippen LogP contribution is 2.32. The van der Waals surface area contributed by atoms with Crippen molar-refractivity contribution in [2.75, 3.05) is 7.11 Å². The van der Waals surface area contributed by atoms with E-state index in [1.165, 1.54) is 37.6 Å². The second-order valence-electron chi connectivity index (χ2n) is 4.64. The summed E-state index contributed by atoms with van der Waals surface area (Å²) in [5, 5.41) is 13.8. The predicted octanol–water partition coefficient (Wildman–Crippen LogP) is 3.00. The van der Waals surface area contributed by atoms with Crippen LogP contribution in [0.3, 0.4) is 0 Å². The molecule has 23 heavy (non-hydrogen) atoms. The first kappa shape index (κ1) is 17.0. The van der Waals surface area contributed by atoms with Crippen LogP contribution >= 0.6 is 15.9 Å². The first-order valence-corrected chi connectivity index (χ1v) is 7.41. The minimum absolute atomic E-state index is 0.0748. The molecule has 2 rings (SSSR count). The summed E-state index contributed by atoms with van der Waals surface area (Å²) < 4.78 is 18.5. The highest BCUT2D eigenvalue weighted by Gasteiger charge is 2.08. The molecule has 0 aliphatic rings. The quantitative estimate of drug-likeness (QED) is 0.618. The Labute approximate surface area is 140 Å². The Morgan fingerprint density at radius 2 is 2.09 bits per heavy atom. The van der Waals surface area contributed by atoms with E-state index in [0.717, 1.165) is 0 Å². The third kappa shape index (κ3) is 4.79. The number of amides is 1. The van der Waals surface area contributed by atoms with Crippen LogP contribution in [0.2, 0.25) is 0 Å². The van der Waals surface area contributed by atoms with E-state index >= 15 is 0 Å². The lowest BCUT2D eigenvalue weighted by atomic mass is 10.1. The SMILES string of the molecule is COc1cc(Br)cc(/C=N/NC(=O)Cc2ccc(F)cc2)c1O. The Morgan fingerprint density at radius 1 is 1.39 bits per heavy atom. The fraction of sp³-hybridized carbons (Fsp3) is 0.125. The number of methoxy groups -OCH3 is 1. The van der Waals surface area contributed by atoms with Crippen LogP contribution in [-0.4, -0.2) is 24.3 Å². The van der Waals surface area contributed by atoms with Crippen LogP contribution in [0.5, 0.6) is 11.5 Å². The minimum Gasteiger partial charge on any atom is -0.504 e. The smallest absolute Gasteiger partial charge is 0.244 e. The number of rotatable bonds is 5. The van der Waals surface area contributed by atoms with Crippen LogP contribution in [0.15, 0.2) is 46.0 Å². The molecule has 0 radical (unpaired) electrons. The normalized spacial score (nSPS) is 10.7. The fourth-order valence-corrected chi connectivity index (χ4v) is 2.30. The Kier molecular flexibility index (Phi) is 5.70. The largest absolute Gasteiger partial charge is 0.504 e. The number of hydrogen-bond acceptors (Lipinski definition) is 4. The Bertz CT molecular complexity index is 733. The molecule has 120 valence electrons. The maximum absolute atomic E-state index is 12.8. The molecule has 1 amide bonds. The molecule has 0 aliphatic heterocycles. The van der Waals surface area contributed by atoms with E-state index in [0.29, 0.717) is 21.3 Å². The summed E-state index contributed by atoms with van der Waals surface area (Å²) in [7, 11) is 1.44. The van der Waals surface area contributed by atoms with Gasteiger partial charge in [-0.25, -0.2) is 9.82 Å². The Balaban J connectivity index is 2.00. The van der Waals surface area contributed by atoms with Gasteiger partial charge in [0.25, 0.3) is 0 Å². The van der Waals surface area contributed by atoms with Crippen LogP contribution in [0.4, 0.5) is 4.39 Å². The zero-order valence-electron chi connectivity index (χ0n) is 12.2. The van der Waals surface area contributed by atoms with E-state index in [1.54, 1.807) is 12.1 Å². The van der Waals surface area contributed by atoms with Crippen LogP contribution in [0, 0.1) is 5.82 Å². The third-order valence-corrected chi connectivity index (χ3v) is 3.42. The molecule has 0 fully saturated rings. The maximum Gasteiger partial charge on any atom is 0.244 e. The number of phenolic OH excluding ortho intramolecular Hbond substituents is 1. The molecule has 0 aliphatic carbocycles. The summed E-state index contributed by atoms with van der Waals surface area (Å²) in [6, 6.07) is 8.88. The second kappa shape index (κ2) is 7.73. The molecule has 0 unspecified atom stereocenters. The van der Waals surface area contributed by atoms with Crippen molar-refractivity contribution >= 4 is 28.1 Å². The zero-order valence-corrected chi connectivity index (χ0v) is 13.8. The summed E-state index contributed by atoms with van der Waals surface area (Å²) in [5.74, 6) is -0.494. The number of aromatic hydroxyl groups is 1. The molecule has 2 aromatic rings. The van der Waals surface area contributed by atoms with Gasteiger partial charge in [-0.1, -0.05) is 28.1 Å². The van der Waals surface area contributed by atoms with Gasteiger partial charge in [0.15, 0.2) is 11.5 Å². The van der Waals surface area contributed by atoms with Crippen molar-refractivity contribution < 1.29 is 19.0 Å². The van der Waals surface area contributed by atoms with E-state index in [2.05, 4.69) is 26.5 Å². The first-order valence-electron chi connectivity index (χ1n) is 6.62. The molecule has 2 N–H and O–H groups in total. The van der Waals surface area contributed by atoms with Crippen molar-refractivity contribution in [1.82, 2.24) is 5.43 Å². The fourth-order valence-electron chi connectivity index (χ4n) is 1.85. The summed E-state index contributed by atoms with van der Waals surface area (Å²) in [5.41, 5.74) is 3.41. The van der Waals surface area contributed by atoms with Crippen LogP contribution in [0.1, 0.15) is 11.1 Å². The summed E-state index contributed by atoms with van der Waals surface area (Å²) in [4.78, 5) is 11.7. The number of benzene rings is 2. The van der Waals surface area contributed by atoms with Crippen molar-refractivity contribution in [2.45, 2.75) is 6.42 Å². The van der Waals surface area contributed by atoms with Gasteiger partial charge in [-0.15, -0.1) is 0 Å². The molecule has 0 heterocycles.